The summed E-state index contributed by atoms with van der Waals surface area (Å²) in [5, 5.41) is 20.2. The first kappa shape index (κ1) is 20.2. The van der Waals surface area contributed by atoms with Crippen LogP contribution in [0, 0.1) is 29.1 Å². The molecule has 2 saturated carbocycles. The summed E-state index contributed by atoms with van der Waals surface area (Å²) < 4.78 is 11.2. The SMILES string of the molecule is CC(=O)O[C@@H]1[C@H](C)[C@@H]2[C@@H](OC(C)=O)[C@H]([C@H](C)CO)CC[C@@]2(C)C[C@@H]1O. The maximum atomic E-state index is 11.8. The maximum absolute atomic E-state index is 11.8. The van der Waals surface area contributed by atoms with E-state index in [0.717, 1.165) is 12.8 Å². The number of ether oxygens (including phenoxy) is 2. The van der Waals surface area contributed by atoms with Crippen molar-refractivity contribution in [3.05, 3.63) is 0 Å². The second-order valence-corrected chi connectivity index (χ2v) is 8.32. The molecule has 0 unspecified atom stereocenters. The number of carbonyl (C=O) groups is 2. The zero-order chi connectivity index (χ0) is 18.9. The van der Waals surface area contributed by atoms with Gasteiger partial charge < -0.3 is 19.7 Å². The lowest BCUT2D eigenvalue weighted by Gasteiger charge is -2.57. The van der Waals surface area contributed by atoms with Crippen LogP contribution in [0.25, 0.3) is 0 Å². The molecule has 0 aliphatic heterocycles. The van der Waals surface area contributed by atoms with Gasteiger partial charge in [0.25, 0.3) is 0 Å². The maximum Gasteiger partial charge on any atom is 0.303 e. The van der Waals surface area contributed by atoms with Crippen LogP contribution in [0.5, 0.6) is 0 Å². The molecule has 0 bridgehead atoms. The van der Waals surface area contributed by atoms with Crippen molar-refractivity contribution in [2.24, 2.45) is 29.1 Å². The predicted molar refractivity (Wildman–Crippen MR) is 91.5 cm³/mol. The van der Waals surface area contributed by atoms with Gasteiger partial charge in [-0.05, 0) is 30.6 Å². The van der Waals surface area contributed by atoms with Crippen LogP contribution in [0.15, 0.2) is 0 Å². The third-order valence-electron chi connectivity index (χ3n) is 6.39. The molecule has 0 radical (unpaired) electrons. The number of hydrogen-bond donors (Lipinski definition) is 2. The Morgan fingerprint density at radius 2 is 1.76 bits per heavy atom. The molecule has 144 valence electrons. The Labute approximate surface area is 149 Å². The Kier molecular flexibility index (Phi) is 6.15. The zero-order valence-corrected chi connectivity index (χ0v) is 15.9. The fraction of sp³-hybridized carbons (Fsp3) is 0.895. The standard InChI is InChI=1S/C19H32O6/c1-10(9-20)14-6-7-19(5)8-15(23)17(24-12(3)21)11(2)16(19)18(14)25-13(4)22/h10-11,14-18,20,23H,6-9H2,1-5H3/t10-,11-,14+,15+,16-,17-,18+,19+/m1/s1. The van der Waals surface area contributed by atoms with Crippen molar-refractivity contribution in [1.29, 1.82) is 0 Å². The van der Waals surface area contributed by atoms with Gasteiger partial charge in [-0.1, -0.05) is 20.8 Å². The zero-order valence-electron chi connectivity index (χ0n) is 15.9. The molecule has 2 N–H and O–H groups in total. The third kappa shape index (κ3) is 4.00. The summed E-state index contributed by atoms with van der Waals surface area (Å²) in [6.07, 6.45) is 0.571. The monoisotopic (exact) mass is 356 g/mol. The lowest BCUT2D eigenvalue weighted by molar-refractivity contribution is -0.210. The van der Waals surface area contributed by atoms with Gasteiger partial charge in [0, 0.05) is 38.2 Å². The fourth-order valence-electron chi connectivity index (χ4n) is 5.28. The molecule has 8 atom stereocenters. The first-order chi connectivity index (χ1) is 11.6. The van der Waals surface area contributed by atoms with Crippen LogP contribution >= 0.6 is 0 Å². The molecule has 0 saturated heterocycles. The molecular formula is C19H32O6. The van der Waals surface area contributed by atoms with Crippen LogP contribution in [-0.2, 0) is 19.1 Å². The first-order valence-electron chi connectivity index (χ1n) is 9.24. The van der Waals surface area contributed by atoms with E-state index < -0.39 is 18.2 Å². The normalized spacial score (nSPS) is 42.2. The Bertz CT molecular complexity index is 506. The summed E-state index contributed by atoms with van der Waals surface area (Å²) in [5.41, 5.74) is -0.193. The van der Waals surface area contributed by atoms with Gasteiger partial charge in [0.2, 0.25) is 0 Å². The second-order valence-electron chi connectivity index (χ2n) is 8.32. The van der Waals surface area contributed by atoms with Gasteiger partial charge in [-0.3, -0.25) is 9.59 Å². The number of esters is 2. The third-order valence-corrected chi connectivity index (χ3v) is 6.39. The van der Waals surface area contributed by atoms with Crippen LogP contribution in [0.2, 0.25) is 0 Å². The molecule has 0 aromatic rings. The van der Waals surface area contributed by atoms with E-state index in [9.17, 15) is 19.8 Å². The molecule has 6 heteroatoms. The van der Waals surface area contributed by atoms with Crippen LogP contribution in [-0.4, -0.2) is 47.1 Å². The molecule has 25 heavy (non-hydrogen) atoms. The second kappa shape index (κ2) is 7.62. The van der Waals surface area contributed by atoms with Crippen molar-refractivity contribution in [2.45, 2.75) is 72.2 Å². The van der Waals surface area contributed by atoms with Gasteiger partial charge in [0.15, 0.2) is 0 Å². The minimum Gasteiger partial charge on any atom is -0.462 e. The van der Waals surface area contributed by atoms with E-state index in [1.807, 2.05) is 13.8 Å². The van der Waals surface area contributed by atoms with E-state index in [-0.39, 0.29) is 47.8 Å². The molecule has 0 amide bonds. The predicted octanol–water partition coefficient (Wildman–Crippen LogP) is 1.91. The highest BCUT2D eigenvalue weighted by atomic mass is 16.6. The Morgan fingerprint density at radius 1 is 1.20 bits per heavy atom. The summed E-state index contributed by atoms with van der Waals surface area (Å²) in [6, 6.07) is 0. The first-order valence-corrected chi connectivity index (χ1v) is 9.24. The topological polar surface area (TPSA) is 93.1 Å². The summed E-state index contributed by atoms with van der Waals surface area (Å²) >= 11 is 0. The summed E-state index contributed by atoms with van der Waals surface area (Å²) in [7, 11) is 0. The molecule has 2 rings (SSSR count). The lowest BCUT2D eigenvalue weighted by atomic mass is 9.51. The molecule has 0 aromatic carbocycles. The minimum absolute atomic E-state index is 0.0140. The van der Waals surface area contributed by atoms with Crippen LogP contribution in [0.1, 0.15) is 53.9 Å². The molecule has 0 spiro atoms. The van der Waals surface area contributed by atoms with Crippen molar-refractivity contribution in [1.82, 2.24) is 0 Å². The largest absolute Gasteiger partial charge is 0.462 e. The highest BCUT2D eigenvalue weighted by Crippen LogP contribution is 2.56. The van der Waals surface area contributed by atoms with Gasteiger partial charge in [-0.15, -0.1) is 0 Å². The number of carbonyl (C=O) groups excluding carboxylic acids is 2. The van der Waals surface area contributed by atoms with E-state index >= 15 is 0 Å². The van der Waals surface area contributed by atoms with E-state index in [1.54, 1.807) is 0 Å². The molecule has 6 nitrogen and oxygen atoms in total. The molecule has 0 heterocycles. The molecule has 2 fully saturated rings. The van der Waals surface area contributed by atoms with Crippen molar-refractivity contribution in [3.63, 3.8) is 0 Å². The Hall–Kier alpha value is -1.14. The van der Waals surface area contributed by atoms with Gasteiger partial charge in [0.1, 0.15) is 12.2 Å². The average Bonchev–Trinajstić information content (AvgIpc) is 2.49. The van der Waals surface area contributed by atoms with Gasteiger partial charge in [-0.2, -0.15) is 0 Å². The van der Waals surface area contributed by atoms with Crippen molar-refractivity contribution in [2.75, 3.05) is 6.61 Å². The number of rotatable bonds is 4. The number of hydrogen-bond acceptors (Lipinski definition) is 6. The van der Waals surface area contributed by atoms with E-state index in [0.29, 0.717) is 6.42 Å². The fourth-order valence-corrected chi connectivity index (χ4v) is 5.28. The van der Waals surface area contributed by atoms with Crippen LogP contribution < -0.4 is 0 Å². The average molecular weight is 356 g/mol. The van der Waals surface area contributed by atoms with Crippen LogP contribution in [0.4, 0.5) is 0 Å². The van der Waals surface area contributed by atoms with Crippen molar-refractivity contribution in [3.8, 4) is 0 Å². The molecule has 2 aliphatic carbocycles. The highest BCUT2D eigenvalue weighted by Gasteiger charge is 2.58. The smallest absolute Gasteiger partial charge is 0.303 e. The minimum atomic E-state index is -0.718. The van der Waals surface area contributed by atoms with Gasteiger partial charge >= 0.3 is 11.9 Å². The molecular weight excluding hydrogens is 324 g/mol. The van der Waals surface area contributed by atoms with Gasteiger partial charge in [-0.25, -0.2) is 0 Å². The lowest BCUT2D eigenvalue weighted by Crippen LogP contribution is -2.60. The number of fused-ring (bicyclic) bond motifs is 1. The van der Waals surface area contributed by atoms with Crippen LogP contribution in [0.3, 0.4) is 0 Å². The number of aliphatic hydroxyl groups is 2. The van der Waals surface area contributed by atoms with Crippen molar-refractivity contribution >= 4 is 11.9 Å². The quantitative estimate of drug-likeness (QED) is 0.748. The summed E-state index contributed by atoms with van der Waals surface area (Å²) in [5.74, 6) is -0.860. The van der Waals surface area contributed by atoms with E-state index in [1.165, 1.54) is 13.8 Å². The molecule has 0 aromatic heterocycles. The van der Waals surface area contributed by atoms with E-state index in [2.05, 4.69) is 6.92 Å². The van der Waals surface area contributed by atoms with Gasteiger partial charge in [0.05, 0.1) is 6.10 Å². The molecule has 2 aliphatic rings. The van der Waals surface area contributed by atoms with Crippen molar-refractivity contribution < 1.29 is 29.3 Å². The summed E-state index contributed by atoms with van der Waals surface area (Å²) in [6.45, 7) is 8.83. The van der Waals surface area contributed by atoms with E-state index in [4.69, 9.17) is 9.47 Å². The summed E-state index contributed by atoms with van der Waals surface area (Å²) in [4.78, 5) is 23.2. The number of aliphatic hydroxyl groups excluding tert-OH is 2. The Morgan fingerprint density at radius 3 is 2.28 bits per heavy atom. The Balaban J connectivity index is 2.38. The highest BCUT2D eigenvalue weighted by molar-refractivity contribution is 5.66.